The van der Waals surface area contributed by atoms with Crippen LogP contribution in [0.3, 0.4) is 0 Å². The molecule has 2 aliphatic heterocycles. The second-order valence-corrected chi connectivity index (χ2v) is 8.37. The summed E-state index contributed by atoms with van der Waals surface area (Å²) in [7, 11) is 1.59. The predicted molar refractivity (Wildman–Crippen MR) is 122 cm³/mol. The van der Waals surface area contributed by atoms with Crippen molar-refractivity contribution in [1.82, 2.24) is 9.47 Å². The van der Waals surface area contributed by atoms with Crippen LogP contribution < -0.4 is 20.9 Å². The van der Waals surface area contributed by atoms with Gasteiger partial charge < -0.3 is 29.3 Å². The van der Waals surface area contributed by atoms with Crippen molar-refractivity contribution in [1.29, 1.82) is 0 Å². The molecule has 3 amide bonds. The highest BCUT2D eigenvalue weighted by Gasteiger charge is 2.38. The van der Waals surface area contributed by atoms with E-state index in [-0.39, 0.29) is 35.1 Å². The number of piperidine rings is 1. The summed E-state index contributed by atoms with van der Waals surface area (Å²) in [6.07, 6.45) is 2.28. The van der Waals surface area contributed by atoms with Crippen LogP contribution >= 0.6 is 0 Å². The van der Waals surface area contributed by atoms with E-state index >= 15 is 0 Å². The lowest BCUT2D eigenvalue weighted by Gasteiger charge is -2.43. The Morgan fingerprint density at radius 1 is 1.03 bits per heavy atom. The molecule has 2 aliphatic rings. The van der Waals surface area contributed by atoms with Gasteiger partial charge in [-0.3, -0.25) is 9.59 Å². The van der Waals surface area contributed by atoms with Crippen LogP contribution in [0, 0.1) is 5.92 Å². The Bertz CT molecular complexity index is 1230. The molecule has 9 heteroatoms. The molecular formula is C24H24N4O5. The summed E-state index contributed by atoms with van der Waals surface area (Å²) in [5.74, 6) is 0.615. The number of fused-ring (bicyclic) bond motifs is 4. The second kappa shape index (κ2) is 8.50. The molecule has 1 fully saturated rings. The first-order chi connectivity index (χ1) is 16.0. The fourth-order valence-corrected chi connectivity index (χ4v) is 4.76. The summed E-state index contributed by atoms with van der Waals surface area (Å²) in [4.78, 5) is 39.9. The van der Waals surface area contributed by atoms with E-state index in [4.69, 9.17) is 9.15 Å². The van der Waals surface area contributed by atoms with Crippen LogP contribution in [0.4, 0.5) is 16.2 Å². The van der Waals surface area contributed by atoms with Gasteiger partial charge in [-0.15, -0.1) is 0 Å². The third-order valence-corrected chi connectivity index (χ3v) is 6.21. The maximum absolute atomic E-state index is 13.0. The maximum atomic E-state index is 13.0. The first kappa shape index (κ1) is 20.9. The first-order valence-corrected chi connectivity index (χ1v) is 10.8. The van der Waals surface area contributed by atoms with E-state index in [0.29, 0.717) is 36.8 Å². The van der Waals surface area contributed by atoms with E-state index in [1.165, 1.54) is 12.3 Å². The number of nitrogens with zero attached hydrogens (tertiary/aromatic N) is 2. The lowest BCUT2D eigenvalue weighted by Crippen LogP contribution is -2.50. The quantitative estimate of drug-likeness (QED) is 0.637. The average Bonchev–Trinajstić information content (AvgIpc) is 3.36. The molecule has 1 aromatic carbocycles. The highest BCUT2D eigenvalue weighted by Crippen LogP contribution is 2.38. The number of hydrogen-bond acceptors (Lipinski definition) is 5. The number of benzene rings is 1. The zero-order chi connectivity index (χ0) is 22.9. The number of carbonyl (C=O) groups excluding carboxylic acids is 2. The minimum atomic E-state index is -0.381. The fraction of sp³-hybridized carbons (Fsp3) is 0.292. The van der Waals surface area contributed by atoms with Crippen molar-refractivity contribution < 1.29 is 18.7 Å². The third-order valence-electron chi connectivity index (χ3n) is 6.21. The van der Waals surface area contributed by atoms with Crippen molar-refractivity contribution in [3.05, 3.63) is 76.6 Å². The smallest absolute Gasteiger partial charge is 0.321 e. The molecule has 0 saturated carbocycles. The number of ether oxygens (including phenoxy) is 1. The first-order valence-electron chi connectivity index (χ1n) is 10.8. The van der Waals surface area contributed by atoms with Gasteiger partial charge in [-0.25, -0.2) is 4.79 Å². The number of aromatic nitrogens is 1. The van der Waals surface area contributed by atoms with Gasteiger partial charge >= 0.3 is 6.03 Å². The Kier molecular flexibility index (Phi) is 5.37. The molecule has 33 heavy (non-hydrogen) atoms. The second-order valence-electron chi connectivity index (χ2n) is 8.37. The summed E-state index contributed by atoms with van der Waals surface area (Å²) >= 11 is 0. The molecule has 170 valence electrons. The minimum Gasteiger partial charge on any atom is -0.497 e. The molecule has 2 aromatic heterocycles. The van der Waals surface area contributed by atoms with E-state index in [9.17, 15) is 14.4 Å². The molecule has 0 radical (unpaired) electrons. The largest absolute Gasteiger partial charge is 0.497 e. The average molecular weight is 448 g/mol. The Hall–Kier alpha value is -4.01. The van der Waals surface area contributed by atoms with Gasteiger partial charge in [-0.1, -0.05) is 0 Å². The zero-order valence-corrected chi connectivity index (χ0v) is 18.1. The molecule has 2 bridgehead atoms. The Balaban J connectivity index is 1.37. The monoisotopic (exact) mass is 448 g/mol. The molecule has 1 saturated heterocycles. The third kappa shape index (κ3) is 4.09. The normalized spacial score (nSPS) is 18.9. The van der Waals surface area contributed by atoms with Crippen LogP contribution in [0.15, 0.2) is 64.0 Å². The molecule has 4 heterocycles. The number of methoxy groups -OCH3 is 1. The van der Waals surface area contributed by atoms with Crippen LogP contribution in [-0.4, -0.2) is 41.6 Å². The number of pyridine rings is 1. The molecule has 9 nitrogen and oxygen atoms in total. The lowest BCUT2D eigenvalue weighted by molar-refractivity contribution is 0.0995. The topological polar surface area (TPSA) is 106 Å². The molecule has 5 rings (SSSR count). The van der Waals surface area contributed by atoms with Crippen LogP contribution in [0.1, 0.15) is 28.6 Å². The number of carbonyl (C=O) groups is 2. The van der Waals surface area contributed by atoms with Gasteiger partial charge in [-0.2, -0.15) is 0 Å². The Labute approximate surface area is 190 Å². The van der Waals surface area contributed by atoms with Crippen molar-refractivity contribution in [2.45, 2.75) is 18.9 Å². The summed E-state index contributed by atoms with van der Waals surface area (Å²) in [6.45, 7) is 1.51. The number of amides is 3. The molecule has 2 atom stereocenters. The van der Waals surface area contributed by atoms with Gasteiger partial charge in [0.15, 0.2) is 5.76 Å². The van der Waals surface area contributed by atoms with E-state index in [1.54, 1.807) is 59.0 Å². The van der Waals surface area contributed by atoms with Crippen molar-refractivity contribution in [2.24, 2.45) is 5.92 Å². The van der Waals surface area contributed by atoms with Gasteiger partial charge in [0.05, 0.1) is 19.1 Å². The van der Waals surface area contributed by atoms with Crippen LogP contribution in [-0.2, 0) is 6.54 Å². The van der Waals surface area contributed by atoms with E-state index in [0.717, 1.165) is 12.1 Å². The van der Waals surface area contributed by atoms with Crippen molar-refractivity contribution in [2.75, 3.05) is 30.8 Å². The Morgan fingerprint density at radius 3 is 2.58 bits per heavy atom. The maximum Gasteiger partial charge on any atom is 0.321 e. The highest BCUT2D eigenvalue weighted by molar-refractivity contribution is 6.02. The van der Waals surface area contributed by atoms with E-state index < -0.39 is 0 Å². The van der Waals surface area contributed by atoms with Gasteiger partial charge in [-0.05, 0) is 54.8 Å². The number of furan rings is 1. The summed E-state index contributed by atoms with van der Waals surface area (Å²) in [6, 6.07) is 13.3. The van der Waals surface area contributed by atoms with Crippen molar-refractivity contribution >= 4 is 23.3 Å². The molecule has 3 aromatic rings. The molecule has 2 N–H and O–H groups in total. The number of urea groups is 1. The standard InChI is InChI=1S/C24H24N4O5/c1-32-18-6-4-17(5-7-18)25-24(31)27-12-15-11-16(14-27)22-19(8-9-21(29)28(22)13-15)26-23(30)20-3-2-10-33-20/h2-10,15-16H,11-14H2,1H3,(H,25,31)(H,26,30). The van der Waals surface area contributed by atoms with Crippen molar-refractivity contribution in [3.8, 4) is 5.75 Å². The zero-order valence-electron chi connectivity index (χ0n) is 18.1. The number of likely N-dealkylation sites (tertiary alicyclic amines) is 1. The van der Waals surface area contributed by atoms with Crippen LogP contribution in [0.5, 0.6) is 5.75 Å². The summed E-state index contributed by atoms with van der Waals surface area (Å²) in [5, 5.41) is 5.81. The SMILES string of the molecule is COc1ccc(NC(=O)N2CC3CC(C2)c2c(NC(=O)c4ccco4)ccc(=O)n2C3)cc1. The molecular weight excluding hydrogens is 424 g/mol. The molecule has 2 unspecified atom stereocenters. The summed E-state index contributed by atoms with van der Waals surface area (Å²) in [5.41, 5.74) is 1.89. The van der Waals surface area contributed by atoms with Gasteiger partial charge in [0.25, 0.3) is 11.5 Å². The van der Waals surface area contributed by atoms with Crippen LogP contribution in [0.25, 0.3) is 0 Å². The molecule has 0 aliphatic carbocycles. The van der Waals surface area contributed by atoms with E-state index in [1.807, 2.05) is 0 Å². The van der Waals surface area contributed by atoms with E-state index in [2.05, 4.69) is 10.6 Å². The number of hydrogen-bond donors (Lipinski definition) is 2. The van der Waals surface area contributed by atoms with Gasteiger partial charge in [0.2, 0.25) is 0 Å². The number of rotatable bonds is 4. The Morgan fingerprint density at radius 2 is 1.85 bits per heavy atom. The van der Waals surface area contributed by atoms with Crippen LogP contribution in [0.2, 0.25) is 0 Å². The lowest BCUT2D eigenvalue weighted by atomic mass is 9.82. The fourth-order valence-electron chi connectivity index (χ4n) is 4.76. The number of nitrogens with one attached hydrogen (secondary N) is 2. The highest BCUT2D eigenvalue weighted by atomic mass is 16.5. The minimum absolute atomic E-state index is 0.0695. The van der Waals surface area contributed by atoms with Gasteiger partial charge in [0.1, 0.15) is 5.75 Å². The van der Waals surface area contributed by atoms with Crippen molar-refractivity contribution in [3.63, 3.8) is 0 Å². The molecule has 0 spiro atoms. The number of anilines is 2. The predicted octanol–water partition coefficient (Wildman–Crippen LogP) is 3.35. The summed E-state index contributed by atoms with van der Waals surface area (Å²) < 4.78 is 12.1. The van der Waals surface area contributed by atoms with Gasteiger partial charge in [0, 0.05) is 43.0 Å².